The summed E-state index contributed by atoms with van der Waals surface area (Å²) in [6, 6.07) is 0. The molecule has 0 fully saturated rings. The van der Waals surface area contributed by atoms with Crippen molar-refractivity contribution in [2.24, 2.45) is 5.92 Å². The zero-order valence-corrected chi connectivity index (χ0v) is 66.4. The number of carbonyl (C=O) groups is 4. The molecule has 99 heavy (non-hydrogen) atoms. The normalized spacial score (nSPS) is 13.9. The van der Waals surface area contributed by atoms with E-state index in [-0.39, 0.29) is 25.7 Å². The van der Waals surface area contributed by atoms with Gasteiger partial charge in [0.1, 0.15) is 19.3 Å². The quantitative estimate of drug-likeness (QED) is 0.0222. The van der Waals surface area contributed by atoms with Gasteiger partial charge in [-0.1, -0.05) is 375 Å². The molecular weight excluding hydrogens is 1290 g/mol. The Kier molecular flexibility index (Phi) is 71.6. The Hall–Kier alpha value is -1.94. The summed E-state index contributed by atoms with van der Waals surface area (Å²) >= 11 is 0. The third kappa shape index (κ3) is 74.1. The molecule has 0 aromatic rings. The first-order chi connectivity index (χ1) is 48.0. The number of aliphatic hydroxyl groups excluding tert-OH is 1. The molecule has 17 nitrogen and oxygen atoms in total. The van der Waals surface area contributed by atoms with E-state index in [0.717, 1.165) is 102 Å². The van der Waals surface area contributed by atoms with E-state index in [4.69, 9.17) is 37.0 Å². The van der Waals surface area contributed by atoms with Crippen molar-refractivity contribution in [2.75, 3.05) is 39.6 Å². The lowest BCUT2D eigenvalue weighted by Crippen LogP contribution is -2.30. The maximum atomic E-state index is 13.1. The molecule has 3 N–H and O–H groups in total. The van der Waals surface area contributed by atoms with E-state index >= 15 is 0 Å². The molecule has 0 aliphatic heterocycles. The molecule has 5 atom stereocenters. The minimum Gasteiger partial charge on any atom is -0.462 e. The Bertz CT molecular complexity index is 1890. The largest absolute Gasteiger partial charge is 0.472 e. The summed E-state index contributed by atoms with van der Waals surface area (Å²) in [6.45, 7) is 7.25. The van der Waals surface area contributed by atoms with Crippen LogP contribution in [0.4, 0.5) is 0 Å². The van der Waals surface area contributed by atoms with Crippen molar-refractivity contribution in [2.45, 2.75) is 445 Å². The first-order valence-electron chi connectivity index (χ1n) is 41.6. The molecule has 0 saturated heterocycles. The van der Waals surface area contributed by atoms with Crippen LogP contribution in [-0.4, -0.2) is 96.7 Å². The van der Waals surface area contributed by atoms with E-state index in [1.165, 1.54) is 244 Å². The molecule has 588 valence electrons. The number of ether oxygens (including phenoxy) is 4. The van der Waals surface area contributed by atoms with Crippen molar-refractivity contribution in [3.05, 3.63) is 0 Å². The first kappa shape index (κ1) is 97.1. The van der Waals surface area contributed by atoms with Gasteiger partial charge in [-0.05, 0) is 31.6 Å². The van der Waals surface area contributed by atoms with E-state index in [1.807, 2.05) is 0 Å². The summed E-state index contributed by atoms with van der Waals surface area (Å²) in [4.78, 5) is 72.6. The maximum absolute atomic E-state index is 13.1. The smallest absolute Gasteiger partial charge is 0.462 e. The molecule has 0 bridgehead atoms. The van der Waals surface area contributed by atoms with Gasteiger partial charge in [0.05, 0.1) is 26.4 Å². The van der Waals surface area contributed by atoms with Crippen molar-refractivity contribution in [3.8, 4) is 0 Å². The zero-order valence-electron chi connectivity index (χ0n) is 64.6. The zero-order chi connectivity index (χ0) is 72.7. The Morgan fingerprint density at radius 2 is 0.465 bits per heavy atom. The van der Waals surface area contributed by atoms with E-state index in [0.29, 0.717) is 25.7 Å². The summed E-state index contributed by atoms with van der Waals surface area (Å²) in [5.41, 5.74) is 0. The van der Waals surface area contributed by atoms with Gasteiger partial charge in [0.2, 0.25) is 0 Å². The molecule has 0 saturated carbocycles. The maximum Gasteiger partial charge on any atom is 0.472 e. The molecule has 0 amide bonds. The average Bonchev–Trinajstić information content (AvgIpc) is 2.83. The predicted molar refractivity (Wildman–Crippen MR) is 405 cm³/mol. The van der Waals surface area contributed by atoms with E-state index in [9.17, 15) is 43.2 Å². The highest BCUT2D eigenvalue weighted by atomic mass is 31.2. The van der Waals surface area contributed by atoms with Gasteiger partial charge in [-0.2, -0.15) is 0 Å². The second kappa shape index (κ2) is 73.0. The van der Waals surface area contributed by atoms with Gasteiger partial charge in [-0.15, -0.1) is 0 Å². The number of phosphoric acid groups is 2. The highest BCUT2D eigenvalue weighted by Gasteiger charge is 2.30. The summed E-state index contributed by atoms with van der Waals surface area (Å²) in [5, 5.41) is 10.6. The first-order valence-corrected chi connectivity index (χ1v) is 44.6. The van der Waals surface area contributed by atoms with E-state index in [1.54, 1.807) is 0 Å². The summed E-state index contributed by atoms with van der Waals surface area (Å²) in [6.07, 6.45) is 64.5. The van der Waals surface area contributed by atoms with Gasteiger partial charge in [0.15, 0.2) is 12.2 Å². The van der Waals surface area contributed by atoms with Gasteiger partial charge in [0, 0.05) is 25.7 Å². The summed E-state index contributed by atoms with van der Waals surface area (Å²) in [5.74, 6) is -1.30. The molecule has 0 heterocycles. The molecule has 0 aromatic heterocycles. The molecule has 0 radical (unpaired) electrons. The fourth-order valence-electron chi connectivity index (χ4n) is 12.4. The lowest BCUT2D eigenvalue weighted by Gasteiger charge is -2.21. The number of unbranched alkanes of at least 4 members (excludes halogenated alkanes) is 52. The van der Waals surface area contributed by atoms with Crippen LogP contribution in [-0.2, 0) is 65.4 Å². The van der Waals surface area contributed by atoms with Crippen LogP contribution in [0.1, 0.15) is 426 Å². The average molecular weight is 1450 g/mol. The fourth-order valence-corrected chi connectivity index (χ4v) is 14.0. The predicted octanol–water partition coefficient (Wildman–Crippen LogP) is 24.0. The number of rotatable bonds is 80. The third-order valence-electron chi connectivity index (χ3n) is 18.8. The molecule has 0 spiro atoms. The molecule has 0 aliphatic carbocycles. The molecule has 19 heteroatoms. The van der Waals surface area contributed by atoms with Crippen molar-refractivity contribution >= 4 is 39.5 Å². The van der Waals surface area contributed by atoms with Crippen LogP contribution in [0, 0.1) is 5.92 Å². The Morgan fingerprint density at radius 3 is 0.687 bits per heavy atom. The van der Waals surface area contributed by atoms with Crippen LogP contribution in [0.2, 0.25) is 0 Å². The van der Waals surface area contributed by atoms with Gasteiger partial charge >= 0.3 is 39.5 Å². The molecule has 0 aliphatic rings. The Morgan fingerprint density at radius 1 is 0.273 bits per heavy atom. The number of carbonyl (C=O) groups excluding carboxylic acids is 4. The molecular formula is C80H156O17P2. The Labute approximate surface area is 607 Å². The van der Waals surface area contributed by atoms with Crippen LogP contribution >= 0.6 is 15.6 Å². The highest BCUT2D eigenvalue weighted by molar-refractivity contribution is 7.47. The SMILES string of the molecule is CCCCCCCCCCCCCCCCCCCCCCCCC(=O)O[C@H](COC(=O)CCCCCCCCCCCCCCCCCCCCC(C)C)COP(=O)(O)OC[C@@H](O)COP(=O)(O)OC[C@@H](COC(=O)CCCCCCC)OC(=O)CCCCCCCCCCCCC. The van der Waals surface area contributed by atoms with E-state index in [2.05, 4.69) is 34.6 Å². The van der Waals surface area contributed by atoms with Crippen LogP contribution in [0.15, 0.2) is 0 Å². The fraction of sp³-hybridized carbons (Fsp3) is 0.950. The van der Waals surface area contributed by atoms with Crippen LogP contribution in [0.3, 0.4) is 0 Å². The number of phosphoric ester groups is 2. The van der Waals surface area contributed by atoms with Gasteiger partial charge in [0.25, 0.3) is 0 Å². The molecule has 2 unspecified atom stereocenters. The van der Waals surface area contributed by atoms with Crippen molar-refractivity contribution in [1.29, 1.82) is 0 Å². The van der Waals surface area contributed by atoms with Crippen molar-refractivity contribution < 1.29 is 80.2 Å². The summed E-state index contributed by atoms with van der Waals surface area (Å²) in [7, 11) is -9.90. The Balaban J connectivity index is 5.08. The minimum absolute atomic E-state index is 0.106. The van der Waals surface area contributed by atoms with Crippen LogP contribution < -0.4 is 0 Å². The molecule has 0 rings (SSSR count). The molecule has 0 aromatic carbocycles. The van der Waals surface area contributed by atoms with Crippen LogP contribution in [0.25, 0.3) is 0 Å². The van der Waals surface area contributed by atoms with Crippen molar-refractivity contribution in [3.63, 3.8) is 0 Å². The van der Waals surface area contributed by atoms with E-state index < -0.39 is 97.5 Å². The van der Waals surface area contributed by atoms with Gasteiger partial charge in [-0.3, -0.25) is 37.3 Å². The minimum atomic E-state index is -4.96. The van der Waals surface area contributed by atoms with Gasteiger partial charge < -0.3 is 33.8 Å². The second-order valence-electron chi connectivity index (χ2n) is 29.3. The van der Waals surface area contributed by atoms with Crippen LogP contribution in [0.5, 0.6) is 0 Å². The number of hydrogen-bond acceptors (Lipinski definition) is 15. The highest BCUT2D eigenvalue weighted by Crippen LogP contribution is 2.45. The topological polar surface area (TPSA) is 237 Å². The summed E-state index contributed by atoms with van der Waals surface area (Å²) < 4.78 is 68.4. The van der Waals surface area contributed by atoms with Crippen molar-refractivity contribution in [1.82, 2.24) is 0 Å². The third-order valence-corrected chi connectivity index (χ3v) is 20.7. The second-order valence-corrected chi connectivity index (χ2v) is 32.2. The lowest BCUT2D eigenvalue weighted by atomic mass is 10.0. The number of hydrogen-bond donors (Lipinski definition) is 3. The lowest BCUT2D eigenvalue weighted by molar-refractivity contribution is -0.161. The van der Waals surface area contributed by atoms with Gasteiger partial charge in [-0.25, -0.2) is 9.13 Å². The number of aliphatic hydroxyl groups is 1. The standard InChI is InChI=1S/C80H156O17P2/c1-6-9-12-15-17-19-21-22-23-24-25-26-27-28-33-36-39-43-47-51-56-61-66-80(85)97-76(70-91-78(83)64-59-54-49-45-42-38-35-32-30-29-31-34-37-41-44-48-53-57-62-73(4)5)72-95-99(88,89)93-68-74(81)67-92-98(86,87)94-71-75(69-90-77(82)63-58-52-14-11-8-3)96-79(84)65-60-55-50-46-40-20-18-16-13-10-7-2/h73-76,81H,6-72H2,1-5H3,(H,86,87)(H,88,89)/t74-,75+,76+/m0/s1. The number of esters is 4. The monoisotopic (exact) mass is 1450 g/mol.